The lowest BCUT2D eigenvalue weighted by Crippen LogP contribution is -2.22. The van der Waals surface area contributed by atoms with Gasteiger partial charge in [-0.05, 0) is 36.5 Å². The summed E-state index contributed by atoms with van der Waals surface area (Å²) < 4.78 is 13.3. The Bertz CT molecular complexity index is 361. The van der Waals surface area contributed by atoms with Crippen LogP contribution in [0.3, 0.4) is 0 Å². The van der Waals surface area contributed by atoms with Gasteiger partial charge in [0.2, 0.25) is 0 Å². The van der Waals surface area contributed by atoms with Crippen molar-refractivity contribution >= 4 is 0 Å². The lowest BCUT2D eigenvalue weighted by atomic mass is 10.0. The molecule has 1 aromatic rings. The van der Waals surface area contributed by atoms with Crippen LogP contribution in [0.5, 0.6) is 0 Å². The first-order valence-corrected chi connectivity index (χ1v) is 5.13. The number of hydrogen-bond donors (Lipinski definition) is 1. The molecule has 2 heteroatoms. The predicted molar refractivity (Wildman–Crippen MR) is 55.4 cm³/mol. The van der Waals surface area contributed by atoms with E-state index in [4.69, 9.17) is 5.73 Å². The maximum Gasteiger partial charge on any atom is 0.126 e. The Kier molecular flexibility index (Phi) is 2.11. The van der Waals surface area contributed by atoms with Gasteiger partial charge in [-0.2, -0.15) is 0 Å². The Morgan fingerprint density at radius 1 is 1.57 bits per heavy atom. The van der Waals surface area contributed by atoms with Crippen LogP contribution in [0.15, 0.2) is 18.2 Å². The van der Waals surface area contributed by atoms with Gasteiger partial charge in [0.25, 0.3) is 0 Å². The van der Waals surface area contributed by atoms with Crippen LogP contribution in [0.4, 0.5) is 4.39 Å². The molecule has 0 heterocycles. The molecule has 0 amide bonds. The van der Waals surface area contributed by atoms with Crippen molar-refractivity contribution in [1.29, 1.82) is 0 Å². The first-order chi connectivity index (χ1) is 6.58. The van der Waals surface area contributed by atoms with Crippen LogP contribution in [0.25, 0.3) is 0 Å². The summed E-state index contributed by atoms with van der Waals surface area (Å²) >= 11 is 0. The van der Waals surface area contributed by atoms with Gasteiger partial charge in [0.1, 0.15) is 5.82 Å². The summed E-state index contributed by atoms with van der Waals surface area (Å²) in [4.78, 5) is 0. The molecule has 1 nitrogen and oxygen atoms in total. The Morgan fingerprint density at radius 2 is 2.29 bits per heavy atom. The molecule has 2 atom stereocenters. The molecule has 0 bridgehead atoms. The van der Waals surface area contributed by atoms with E-state index < -0.39 is 0 Å². The van der Waals surface area contributed by atoms with Gasteiger partial charge in [-0.15, -0.1) is 0 Å². The number of nitrogens with two attached hydrogens (primary N) is 1. The fourth-order valence-electron chi connectivity index (χ4n) is 2.09. The Balaban J connectivity index is 2.31. The van der Waals surface area contributed by atoms with Crippen molar-refractivity contribution in [3.63, 3.8) is 0 Å². The molecular weight excluding hydrogens is 177 g/mol. The topological polar surface area (TPSA) is 26.0 Å². The molecule has 1 aliphatic carbocycles. The minimum absolute atomic E-state index is 0.144. The third kappa shape index (κ3) is 1.34. The normalized spacial score (nSPS) is 30.4. The number of halogens is 1. The summed E-state index contributed by atoms with van der Waals surface area (Å²) in [5.41, 5.74) is 7.57. The summed E-state index contributed by atoms with van der Waals surface area (Å²) in [5, 5.41) is 0. The van der Waals surface area contributed by atoms with Gasteiger partial charge in [-0.25, -0.2) is 4.39 Å². The van der Waals surface area contributed by atoms with Crippen molar-refractivity contribution in [1.82, 2.24) is 0 Å². The predicted octanol–water partition coefficient (Wildman–Crippen LogP) is 2.72. The minimum Gasteiger partial charge on any atom is -0.321 e. The molecule has 1 aromatic carbocycles. The maximum atomic E-state index is 13.3. The van der Waals surface area contributed by atoms with Crippen LogP contribution < -0.4 is 5.73 Å². The number of aryl methyl sites for hydroxylation is 1. The fourth-order valence-corrected chi connectivity index (χ4v) is 2.09. The summed E-state index contributed by atoms with van der Waals surface area (Å²) in [5.74, 6) is 0.388. The molecule has 76 valence electrons. The first kappa shape index (κ1) is 9.66. The van der Waals surface area contributed by atoms with Crippen LogP contribution in [-0.4, -0.2) is 0 Å². The average Bonchev–Trinajstić information content (AvgIpc) is 2.83. The van der Waals surface area contributed by atoms with Gasteiger partial charge >= 0.3 is 0 Å². The second kappa shape index (κ2) is 3.06. The van der Waals surface area contributed by atoms with Gasteiger partial charge in [-0.3, -0.25) is 0 Å². The van der Waals surface area contributed by atoms with E-state index in [-0.39, 0.29) is 11.4 Å². The van der Waals surface area contributed by atoms with E-state index in [0.717, 1.165) is 18.4 Å². The molecule has 2 rings (SSSR count). The van der Waals surface area contributed by atoms with Gasteiger partial charge in [0.05, 0.1) is 0 Å². The molecule has 1 saturated carbocycles. The maximum absolute atomic E-state index is 13.3. The lowest BCUT2D eigenvalue weighted by Gasteiger charge is -2.12. The highest BCUT2D eigenvalue weighted by molar-refractivity contribution is 5.34. The molecule has 0 spiro atoms. The van der Waals surface area contributed by atoms with Gasteiger partial charge in [0, 0.05) is 5.54 Å². The van der Waals surface area contributed by atoms with Gasteiger partial charge < -0.3 is 5.73 Å². The highest BCUT2D eigenvalue weighted by atomic mass is 19.1. The summed E-state index contributed by atoms with van der Waals surface area (Å²) in [6.07, 6.45) is 2.07. The monoisotopic (exact) mass is 193 g/mol. The molecule has 0 saturated heterocycles. The van der Waals surface area contributed by atoms with Crippen molar-refractivity contribution in [2.45, 2.75) is 32.2 Å². The van der Waals surface area contributed by atoms with E-state index in [1.807, 2.05) is 12.1 Å². The molecule has 0 radical (unpaired) electrons. The molecule has 2 unspecified atom stereocenters. The zero-order valence-corrected chi connectivity index (χ0v) is 8.68. The van der Waals surface area contributed by atoms with Crippen LogP contribution in [-0.2, 0) is 5.54 Å². The minimum atomic E-state index is -0.247. The number of rotatable bonds is 2. The molecule has 2 N–H and O–H groups in total. The van der Waals surface area contributed by atoms with Crippen molar-refractivity contribution in [2.24, 2.45) is 11.7 Å². The molecule has 14 heavy (non-hydrogen) atoms. The molecular formula is C12H16FN. The fraction of sp³-hybridized carbons (Fsp3) is 0.500. The Hall–Kier alpha value is -0.890. The summed E-state index contributed by atoms with van der Waals surface area (Å²) in [6, 6.07) is 5.35. The van der Waals surface area contributed by atoms with E-state index >= 15 is 0 Å². The highest BCUT2D eigenvalue weighted by Gasteiger charge is 2.50. The quantitative estimate of drug-likeness (QED) is 0.767. The Labute approximate surface area is 84.1 Å². The second-order valence-corrected chi connectivity index (χ2v) is 4.31. The second-order valence-electron chi connectivity index (χ2n) is 4.31. The van der Waals surface area contributed by atoms with E-state index in [1.54, 1.807) is 13.0 Å². The molecule has 1 fully saturated rings. The van der Waals surface area contributed by atoms with Gasteiger partial charge in [0.15, 0.2) is 0 Å². The Morgan fingerprint density at radius 3 is 2.79 bits per heavy atom. The van der Waals surface area contributed by atoms with Crippen LogP contribution >= 0.6 is 0 Å². The smallest absolute Gasteiger partial charge is 0.126 e. The number of hydrogen-bond acceptors (Lipinski definition) is 1. The van der Waals surface area contributed by atoms with E-state index in [2.05, 4.69) is 6.92 Å². The van der Waals surface area contributed by atoms with E-state index in [1.165, 1.54) is 0 Å². The number of benzene rings is 1. The van der Waals surface area contributed by atoms with Crippen molar-refractivity contribution in [3.8, 4) is 0 Å². The standard InChI is InChI=1S/C12H16FN/c1-3-9-7-12(9,14)10-5-4-8(2)11(13)6-10/h4-6,9H,3,7,14H2,1-2H3. The van der Waals surface area contributed by atoms with E-state index in [0.29, 0.717) is 11.5 Å². The summed E-state index contributed by atoms with van der Waals surface area (Å²) in [7, 11) is 0. The van der Waals surface area contributed by atoms with Gasteiger partial charge in [-0.1, -0.05) is 25.5 Å². The van der Waals surface area contributed by atoms with Crippen LogP contribution in [0, 0.1) is 18.7 Å². The molecule has 0 aliphatic heterocycles. The van der Waals surface area contributed by atoms with Crippen molar-refractivity contribution < 1.29 is 4.39 Å². The SMILES string of the molecule is CCC1CC1(N)c1ccc(C)c(F)c1. The van der Waals surface area contributed by atoms with Crippen molar-refractivity contribution in [3.05, 3.63) is 35.1 Å². The average molecular weight is 193 g/mol. The molecule has 0 aromatic heterocycles. The van der Waals surface area contributed by atoms with Crippen LogP contribution in [0.2, 0.25) is 0 Å². The lowest BCUT2D eigenvalue weighted by molar-refractivity contribution is 0.588. The zero-order valence-electron chi connectivity index (χ0n) is 8.68. The third-order valence-corrected chi connectivity index (χ3v) is 3.35. The van der Waals surface area contributed by atoms with Crippen molar-refractivity contribution in [2.75, 3.05) is 0 Å². The highest BCUT2D eigenvalue weighted by Crippen LogP contribution is 2.51. The zero-order chi connectivity index (χ0) is 10.3. The summed E-state index contributed by atoms with van der Waals surface area (Å²) in [6.45, 7) is 3.90. The molecule has 1 aliphatic rings. The first-order valence-electron chi connectivity index (χ1n) is 5.13. The van der Waals surface area contributed by atoms with E-state index in [9.17, 15) is 4.39 Å². The third-order valence-electron chi connectivity index (χ3n) is 3.35. The van der Waals surface area contributed by atoms with Crippen LogP contribution in [0.1, 0.15) is 30.9 Å². The largest absolute Gasteiger partial charge is 0.321 e.